The first-order valence-corrected chi connectivity index (χ1v) is 3.50. The molecular weight excluding hydrogens is 189 g/mol. The molecule has 0 atom stereocenters. The quantitative estimate of drug-likeness (QED) is 0.711. The molecule has 4 nitrogen and oxygen atoms in total. The molecule has 0 aliphatic heterocycles. The van der Waals surface area contributed by atoms with Crippen LogP contribution in [-0.2, 0) is 6.54 Å². The maximum Gasteiger partial charge on any atom is 0.441 e. The topological polar surface area (TPSA) is 48.0 Å². The lowest BCUT2D eigenvalue weighted by molar-refractivity contribution is -0.136. The molecule has 0 bridgehead atoms. The molecule has 1 aromatic heterocycles. The van der Waals surface area contributed by atoms with Crippen LogP contribution in [0.5, 0.6) is 0 Å². The van der Waals surface area contributed by atoms with E-state index in [2.05, 4.69) is 9.68 Å². The Kier molecular flexibility index (Phi) is 2.44. The second-order valence-corrected chi connectivity index (χ2v) is 2.51. The van der Waals surface area contributed by atoms with Crippen molar-refractivity contribution in [2.45, 2.75) is 26.1 Å². The van der Waals surface area contributed by atoms with Crippen LogP contribution in [0, 0.1) is 6.92 Å². The maximum absolute atomic E-state index is 11.7. The molecule has 0 aliphatic carbocycles. The van der Waals surface area contributed by atoms with Crippen LogP contribution in [0.3, 0.4) is 0 Å². The van der Waals surface area contributed by atoms with Gasteiger partial charge in [0, 0.05) is 6.54 Å². The van der Waals surface area contributed by atoms with Crippen molar-refractivity contribution in [1.29, 1.82) is 0 Å². The molecule has 0 saturated heterocycles. The van der Waals surface area contributed by atoms with E-state index >= 15 is 0 Å². The molecule has 0 spiro atoms. The predicted octanol–water partition coefficient (Wildman–Crippen LogP) is 1.10. The number of nitrogens with zero attached hydrogens (tertiary/aromatic N) is 2. The van der Waals surface area contributed by atoms with Crippen molar-refractivity contribution in [1.82, 2.24) is 9.72 Å². The molecule has 1 aromatic rings. The third kappa shape index (κ3) is 2.60. The minimum absolute atomic E-state index is 0.147. The van der Waals surface area contributed by atoms with Gasteiger partial charge in [0.25, 0.3) is 0 Å². The van der Waals surface area contributed by atoms with E-state index in [-0.39, 0.29) is 5.82 Å². The van der Waals surface area contributed by atoms with Crippen LogP contribution in [0.2, 0.25) is 0 Å². The molecule has 0 N–H and O–H groups in total. The van der Waals surface area contributed by atoms with Crippen LogP contribution in [0.4, 0.5) is 13.2 Å². The van der Waals surface area contributed by atoms with Gasteiger partial charge in [-0.05, 0) is 6.92 Å². The van der Waals surface area contributed by atoms with Crippen molar-refractivity contribution in [2.75, 3.05) is 0 Å². The summed E-state index contributed by atoms with van der Waals surface area (Å²) in [5.41, 5.74) is 0. The lowest BCUT2D eigenvalue weighted by Gasteiger charge is -2.05. The minimum Gasteiger partial charge on any atom is -0.296 e. The Balaban J connectivity index is 2.70. The average molecular weight is 196 g/mol. The summed E-state index contributed by atoms with van der Waals surface area (Å²) in [6.07, 6.45) is -5.34. The molecule has 13 heavy (non-hydrogen) atoms. The molecule has 7 heteroatoms. The molecule has 1 heterocycles. The fourth-order valence-corrected chi connectivity index (χ4v) is 0.827. The van der Waals surface area contributed by atoms with Crippen LogP contribution < -0.4 is 5.76 Å². The zero-order valence-corrected chi connectivity index (χ0v) is 6.76. The van der Waals surface area contributed by atoms with Crippen LogP contribution >= 0.6 is 0 Å². The second-order valence-electron chi connectivity index (χ2n) is 2.51. The normalized spacial score (nSPS) is 12.0. The standard InChI is InChI=1S/C6H7F3N2O2/c1-4-10-13-5(12)11(4)3-2-6(7,8)9/h2-3H2,1H3. The third-order valence-electron chi connectivity index (χ3n) is 1.49. The number of hydrogen-bond donors (Lipinski definition) is 0. The van der Waals surface area contributed by atoms with E-state index in [9.17, 15) is 18.0 Å². The van der Waals surface area contributed by atoms with Gasteiger partial charge in [-0.3, -0.25) is 9.09 Å². The van der Waals surface area contributed by atoms with E-state index in [1.807, 2.05) is 0 Å². The van der Waals surface area contributed by atoms with Crippen molar-refractivity contribution in [3.63, 3.8) is 0 Å². The summed E-state index contributed by atoms with van der Waals surface area (Å²) >= 11 is 0. The molecule has 0 saturated carbocycles. The first-order chi connectivity index (χ1) is 5.90. The second kappa shape index (κ2) is 3.23. The van der Waals surface area contributed by atoms with E-state index in [4.69, 9.17) is 0 Å². The van der Waals surface area contributed by atoms with Crippen LogP contribution in [0.15, 0.2) is 9.32 Å². The number of aryl methyl sites for hydroxylation is 1. The van der Waals surface area contributed by atoms with Gasteiger partial charge < -0.3 is 0 Å². The molecule has 0 aromatic carbocycles. The van der Waals surface area contributed by atoms with Gasteiger partial charge in [-0.15, -0.1) is 0 Å². The van der Waals surface area contributed by atoms with Crippen LogP contribution in [0.25, 0.3) is 0 Å². The third-order valence-corrected chi connectivity index (χ3v) is 1.49. The number of aromatic nitrogens is 2. The lowest BCUT2D eigenvalue weighted by Crippen LogP contribution is -2.20. The van der Waals surface area contributed by atoms with E-state index in [0.717, 1.165) is 4.57 Å². The van der Waals surface area contributed by atoms with Gasteiger partial charge in [0.2, 0.25) is 0 Å². The summed E-state index contributed by atoms with van der Waals surface area (Å²) in [5, 5.41) is 3.22. The van der Waals surface area contributed by atoms with E-state index in [1.165, 1.54) is 6.92 Å². The highest BCUT2D eigenvalue weighted by molar-refractivity contribution is 4.78. The molecule has 74 valence electrons. The number of rotatable bonds is 2. The first-order valence-electron chi connectivity index (χ1n) is 3.50. The molecular formula is C6H7F3N2O2. The van der Waals surface area contributed by atoms with Gasteiger partial charge in [-0.2, -0.15) is 13.2 Å². The van der Waals surface area contributed by atoms with Crippen molar-refractivity contribution in [2.24, 2.45) is 0 Å². The smallest absolute Gasteiger partial charge is 0.296 e. The zero-order chi connectivity index (χ0) is 10.1. The largest absolute Gasteiger partial charge is 0.441 e. The Morgan fingerprint density at radius 2 is 2.15 bits per heavy atom. The highest BCUT2D eigenvalue weighted by atomic mass is 19.4. The summed E-state index contributed by atoms with van der Waals surface area (Å²) in [5.74, 6) is -0.712. The van der Waals surface area contributed by atoms with Gasteiger partial charge in [-0.1, -0.05) is 5.16 Å². The average Bonchev–Trinajstić information content (AvgIpc) is 2.27. The summed E-state index contributed by atoms with van der Waals surface area (Å²) < 4.78 is 40.2. The summed E-state index contributed by atoms with van der Waals surface area (Å²) in [6.45, 7) is 0.957. The predicted molar refractivity (Wildman–Crippen MR) is 36.2 cm³/mol. The summed E-state index contributed by atoms with van der Waals surface area (Å²) in [6, 6.07) is 0. The van der Waals surface area contributed by atoms with E-state index in [0.29, 0.717) is 0 Å². The van der Waals surface area contributed by atoms with Gasteiger partial charge in [0.15, 0.2) is 5.82 Å². The van der Waals surface area contributed by atoms with Crippen molar-refractivity contribution >= 4 is 0 Å². The first kappa shape index (κ1) is 9.82. The van der Waals surface area contributed by atoms with Crippen molar-refractivity contribution in [3.8, 4) is 0 Å². The van der Waals surface area contributed by atoms with E-state index in [1.54, 1.807) is 0 Å². The maximum atomic E-state index is 11.7. The number of alkyl halides is 3. The SMILES string of the molecule is Cc1noc(=O)n1CCC(F)(F)F. The molecule has 0 radical (unpaired) electrons. The van der Waals surface area contributed by atoms with Gasteiger partial charge >= 0.3 is 11.9 Å². The number of hydrogen-bond acceptors (Lipinski definition) is 3. The summed E-state index contributed by atoms with van der Waals surface area (Å²) in [7, 11) is 0. The molecule has 1 rings (SSSR count). The van der Waals surface area contributed by atoms with Gasteiger partial charge in [0.05, 0.1) is 6.42 Å². The monoisotopic (exact) mass is 196 g/mol. The zero-order valence-electron chi connectivity index (χ0n) is 6.76. The number of halogens is 3. The van der Waals surface area contributed by atoms with Gasteiger partial charge in [0.1, 0.15) is 0 Å². The Labute approximate surface area is 70.9 Å². The molecule has 0 amide bonds. The van der Waals surface area contributed by atoms with Gasteiger partial charge in [-0.25, -0.2) is 4.79 Å². The highest BCUT2D eigenvalue weighted by Gasteiger charge is 2.27. The van der Waals surface area contributed by atoms with Crippen molar-refractivity contribution in [3.05, 3.63) is 16.4 Å². The van der Waals surface area contributed by atoms with Crippen LogP contribution in [-0.4, -0.2) is 15.9 Å². The minimum atomic E-state index is -4.27. The van der Waals surface area contributed by atoms with Crippen molar-refractivity contribution < 1.29 is 17.7 Å². The highest BCUT2D eigenvalue weighted by Crippen LogP contribution is 2.19. The molecule has 0 aliphatic rings. The van der Waals surface area contributed by atoms with Crippen LogP contribution in [0.1, 0.15) is 12.2 Å². The molecule has 0 unspecified atom stereocenters. The Morgan fingerprint density at radius 3 is 2.54 bits per heavy atom. The fraction of sp³-hybridized carbons (Fsp3) is 0.667. The fourth-order valence-electron chi connectivity index (χ4n) is 0.827. The Morgan fingerprint density at radius 1 is 1.54 bits per heavy atom. The lowest BCUT2D eigenvalue weighted by atomic mass is 10.4. The van der Waals surface area contributed by atoms with E-state index < -0.39 is 24.9 Å². The Hall–Kier alpha value is -1.27. The summed E-state index contributed by atoms with van der Waals surface area (Å²) in [4.78, 5) is 10.7. The Bertz CT molecular complexity index is 338. The molecule has 0 fully saturated rings.